The number of rotatable bonds is 4. The lowest BCUT2D eigenvalue weighted by atomic mass is 10.1. The number of benzene rings is 1. The van der Waals surface area contributed by atoms with Gasteiger partial charge in [-0.15, -0.1) is 0 Å². The van der Waals surface area contributed by atoms with E-state index in [0.29, 0.717) is 23.7 Å². The molecule has 2 rings (SSSR count). The van der Waals surface area contributed by atoms with Crippen molar-refractivity contribution in [2.45, 2.75) is 18.9 Å². The summed E-state index contributed by atoms with van der Waals surface area (Å²) < 4.78 is 13.7. The zero-order chi connectivity index (χ0) is 16.3. The van der Waals surface area contributed by atoms with Gasteiger partial charge in [0.1, 0.15) is 11.9 Å². The van der Waals surface area contributed by atoms with E-state index < -0.39 is 17.8 Å². The third-order valence-corrected chi connectivity index (χ3v) is 4.29. The van der Waals surface area contributed by atoms with E-state index >= 15 is 0 Å². The summed E-state index contributed by atoms with van der Waals surface area (Å²) in [5.74, 6) is -1.56. The molecule has 120 valence electrons. The smallest absolute Gasteiger partial charge is 0.322 e. The molecule has 5 nitrogen and oxygen atoms in total. The van der Waals surface area contributed by atoms with E-state index in [0.717, 1.165) is 0 Å². The molecule has 1 aromatic rings. The van der Waals surface area contributed by atoms with Gasteiger partial charge in [0.15, 0.2) is 0 Å². The number of carboxylic acid groups (broad SMARTS) is 1. The first-order valence-corrected chi connectivity index (χ1v) is 7.41. The van der Waals surface area contributed by atoms with Gasteiger partial charge >= 0.3 is 5.97 Å². The fourth-order valence-electron chi connectivity index (χ4n) is 2.53. The second-order valence-electron chi connectivity index (χ2n) is 5.37. The molecule has 0 aromatic heterocycles. The van der Waals surface area contributed by atoms with Crippen LogP contribution in [0.3, 0.4) is 0 Å². The summed E-state index contributed by atoms with van der Waals surface area (Å²) in [6.07, 6.45) is 0.311. The van der Waals surface area contributed by atoms with E-state index in [9.17, 15) is 14.0 Å². The van der Waals surface area contributed by atoms with Gasteiger partial charge in [0.25, 0.3) is 0 Å². The van der Waals surface area contributed by atoms with Crippen LogP contribution in [0.2, 0.25) is 5.02 Å². The zero-order valence-corrected chi connectivity index (χ0v) is 13.0. The predicted molar refractivity (Wildman–Crippen MR) is 80.4 cm³/mol. The Morgan fingerprint density at radius 3 is 2.77 bits per heavy atom. The number of nitrogens with zero attached hydrogens (tertiary/aromatic N) is 2. The van der Waals surface area contributed by atoms with Gasteiger partial charge in [-0.05, 0) is 25.6 Å². The molecule has 1 atom stereocenters. The lowest BCUT2D eigenvalue weighted by Crippen LogP contribution is -2.56. The van der Waals surface area contributed by atoms with Crippen LogP contribution in [0.15, 0.2) is 18.2 Å². The first-order chi connectivity index (χ1) is 10.4. The lowest BCUT2D eigenvalue weighted by molar-refractivity contribution is -0.147. The molecule has 0 aliphatic carbocycles. The second-order valence-corrected chi connectivity index (χ2v) is 5.78. The Kier molecular flexibility index (Phi) is 5.37. The summed E-state index contributed by atoms with van der Waals surface area (Å²) in [6, 6.07) is 3.71. The molecule has 1 aliphatic heterocycles. The van der Waals surface area contributed by atoms with Crippen LogP contribution in [0.1, 0.15) is 12.0 Å². The normalized spacial score (nSPS) is 19.2. The number of halogens is 2. The van der Waals surface area contributed by atoms with Crippen molar-refractivity contribution in [3.05, 3.63) is 34.6 Å². The zero-order valence-electron chi connectivity index (χ0n) is 12.3. The van der Waals surface area contributed by atoms with Crippen molar-refractivity contribution in [1.82, 2.24) is 9.80 Å². The number of aliphatic carboxylic acids is 1. The maximum Gasteiger partial charge on any atom is 0.322 e. The quantitative estimate of drug-likeness (QED) is 0.912. The minimum absolute atomic E-state index is 0.108. The Morgan fingerprint density at radius 1 is 1.41 bits per heavy atom. The topological polar surface area (TPSA) is 60.9 Å². The van der Waals surface area contributed by atoms with Crippen LogP contribution in [0.4, 0.5) is 4.39 Å². The number of hydrogen-bond acceptors (Lipinski definition) is 3. The van der Waals surface area contributed by atoms with Gasteiger partial charge < -0.3 is 10.0 Å². The van der Waals surface area contributed by atoms with Gasteiger partial charge in [0, 0.05) is 36.6 Å². The van der Waals surface area contributed by atoms with Gasteiger partial charge in [0.2, 0.25) is 5.91 Å². The van der Waals surface area contributed by atoms with Crippen molar-refractivity contribution in [2.24, 2.45) is 0 Å². The van der Waals surface area contributed by atoms with E-state index in [1.807, 2.05) is 0 Å². The largest absolute Gasteiger partial charge is 0.480 e. The second kappa shape index (κ2) is 7.07. The molecule has 1 aromatic carbocycles. The molecule has 1 N–H and O–H groups in total. The number of carbonyl (C=O) groups excluding carboxylic acids is 1. The van der Waals surface area contributed by atoms with Gasteiger partial charge in [-0.2, -0.15) is 0 Å². The predicted octanol–water partition coefficient (Wildman–Crippen LogP) is 1.64. The van der Waals surface area contributed by atoms with Crippen molar-refractivity contribution >= 4 is 23.5 Å². The van der Waals surface area contributed by atoms with Gasteiger partial charge in [0.05, 0.1) is 0 Å². The summed E-state index contributed by atoms with van der Waals surface area (Å²) in [5, 5.41) is 9.44. The average molecular weight is 329 g/mol. The third kappa shape index (κ3) is 3.75. The summed E-state index contributed by atoms with van der Waals surface area (Å²) in [6.45, 7) is 1.13. The van der Waals surface area contributed by atoms with Crippen LogP contribution >= 0.6 is 11.6 Å². The van der Waals surface area contributed by atoms with Gasteiger partial charge in [-0.1, -0.05) is 17.7 Å². The van der Waals surface area contributed by atoms with Crippen molar-refractivity contribution in [3.63, 3.8) is 0 Å². The van der Waals surface area contributed by atoms with E-state index in [-0.39, 0.29) is 25.3 Å². The van der Waals surface area contributed by atoms with Crippen LogP contribution < -0.4 is 0 Å². The standard InChI is InChI=1S/C15H18ClFN2O3/c1-18-7-8-19(9-13(18)15(21)22)14(20)6-5-10-11(16)3-2-4-12(10)17/h2-4,13H,5-9H2,1H3,(H,21,22). The third-order valence-electron chi connectivity index (χ3n) is 3.94. The molecule has 0 spiro atoms. The summed E-state index contributed by atoms with van der Waals surface area (Å²) in [4.78, 5) is 26.6. The average Bonchev–Trinajstić information content (AvgIpc) is 2.46. The van der Waals surface area contributed by atoms with E-state index in [2.05, 4.69) is 0 Å². The fourth-order valence-corrected chi connectivity index (χ4v) is 2.79. The first kappa shape index (κ1) is 16.7. The van der Waals surface area contributed by atoms with Gasteiger partial charge in [-0.25, -0.2) is 4.39 Å². The lowest BCUT2D eigenvalue weighted by Gasteiger charge is -2.37. The van der Waals surface area contributed by atoms with Crippen molar-refractivity contribution in [2.75, 3.05) is 26.7 Å². The Morgan fingerprint density at radius 2 is 2.14 bits per heavy atom. The van der Waals surface area contributed by atoms with Crippen LogP contribution in [0.25, 0.3) is 0 Å². The molecule has 0 bridgehead atoms. The Balaban J connectivity index is 1.96. The summed E-state index contributed by atoms with van der Waals surface area (Å²) in [5.41, 5.74) is 0.321. The molecule has 1 unspecified atom stereocenters. The van der Waals surface area contributed by atoms with E-state index in [1.165, 1.54) is 17.0 Å². The molecule has 1 saturated heterocycles. The number of piperazine rings is 1. The van der Waals surface area contributed by atoms with Crippen LogP contribution in [-0.4, -0.2) is 59.5 Å². The van der Waals surface area contributed by atoms with Gasteiger partial charge in [-0.3, -0.25) is 14.5 Å². The molecule has 1 heterocycles. The summed E-state index contributed by atoms with van der Waals surface area (Å²) >= 11 is 5.93. The minimum atomic E-state index is -0.947. The minimum Gasteiger partial charge on any atom is -0.480 e. The number of carbonyl (C=O) groups is 2. The maximum atomic E-state index is 13.7. The molecule has 1 fully saturated rings. The Labute approximate surface area is 133 Å². The SMILES string of the molecule is CN1CCN(C(=O)CCc2c(F)cccc2Cl)CC1C(=O)O. The molecular weight excluding hydrogens is 311 g/mol. The molecular formula is C15H18ClFN2O3. The van der Waals surface area contributed by atoms with E-state index in [4.69, 9.17) is 16.7 Å². The number of hydrogen-bond donors (Lipinski definition) is 1. The maximum absolute atomic E-state index is 13.7. The highest BCUT2D eigenvalue weighted by Gasteiger charge is 2.31. The molecule has 0 radical (unpaired) electrons. The first-order valence-electron chi connectivity index (χ1n) is 7.04. The molecule has 7 heteroatoms. The molecule has 22 heavy (non-hydrogen) atoms. The highest BCUT2D eigenvalue weighted by atomic mass is 35.5. The van der Waals surface area contributed by atoms with Crippen molar-refractivity contribution in [1.29, 1.82) is 0 Å². The Bertz CT molecular complexity index is 562. The highest BCUT2D eigenvalue weighted by Crippen LogP contribution is 2.21. The van der Waals surface area contributed by atoms with Crippen molar-refractivity contribution < 1.29 is 19.1 Å². The highest BCUT2D eigenvalue weighted by molar-refractivity contribution is 6.31. The molecule has 1 aliphatic rings. The summed E-state index contributed by atoms with van der Waals surface area (Å²) in [7, 11) is 1.72. The number of likely N-dealkylation sites (N-methyl/N-ethyl adjacent to an activating group) is 1. The van der Waals surface area contributed by atoms with Crippen molar-refractivity contribution in [3.8, 4) is 0 Å². The number of amides is 1. The number of carboxylic acids is 1. The monoisotopic (exact) mass is 328 g/mol. The molecule has 1 amide bonds. The fraction of sp³-hybridized carbons (Fsp3) is 0.467. The van der Waals surface area contributed by atoms with Crippen LogP contribution in [0.5, 0.6) is 0 Å². The van der Waals surface area contributed by atoms with Crippen LogP contribution in [0, 0.1) is 5.82 Å². The molecule has 0 saturated carbocycles. The van der Waals surface area contributed by atoms with Crippen LogP contribution in [-0.2, 0) is 16.0 Å². The van der Waals surface area contributed by atoms with E-state index in [1.54, 1.807) is 18.0 Å². The Hall–Kier alpha value is -1.66.